The summed E-state index contributed by atoms with van der Waals surface area (Å²) >= 11 is 3.43. The summed E-state index contributed by atoms with van der Waals surface area (Å²) in [5, 5.41) is 0.748. The molecule has 1 aromatic heterocycles. The molecule has 1 aliphatic rings. The Morgan fingerprint density at radius 2 is 2.37 bits per heavy atom. The van der Waals surface area contributed by atoms with Crippen LogP contribution in [0, 0.1) is 0 Å². The second kappa shape index (κ2) is 6.09. The van der Waals surface area contributed by atoms with Crippen LogP contribution in [0.2, 0.25) is 0 Å². The first-order valence-corrected chi connectivity index (χ1v) is 7.66. The van der Waals surface area contributed by atoms with Crippen molar-refractivity contribution >= 4 is 21.8 Å². The molecule has 19 heavy (non-hydrogen) atoms. The van der Waals surface area contributed by atoms with Crippen molar-refractivity contribution in [1.29, 1.82) is 0 Å². The van der Waals surface area contributed by atoms with E-state index in [1.54, 1.807) is 6.26 Å². The zero-order valence-electron chi connectivity index (χ0n) is 11.4. The van der Waals surface area contributed by atoms with Gasteiger partial charge in [-0.25, -0.2) is 0 Å². The Morgan fingerprint density at radius 1 is 1.58 bits per heavy atom. The third-order valence-electron chi connectivity index (χ3n) is 3.17. The summed E-state index contributed by atoms with van der Waals surface area (Å²) < 4.78 is 11.1. The molecule has 2 heterocycles. The number of aryl methyl sites for hydroxylation is 1. The van der Waals surface area contributed by atoms with Crippen molar-refractivity contribution in [3.05, 3.63) is 24.2 Å². The second-order valence-corrected chi connectivity index (χ2v) is 6.15. The smallest absolute Gasteiger partial charge is 0.223 e. The third kappa shape index (κ3) is 4.08. The van der Waals surface area contributed by atoms with Crippen molar-refractivity contribution in [1.82, 2.24) is 4.90 Å². The van der Waals surface area contributed by atoms with E-state index in [9.17, 15) is 4.79 Å². The highest BCUT2D eigenvalue weighted by Gasteiger charge is 2.34. The minimum Gasteiger partial charge on any atom is -0.469 e. The van der Waals surface area contributed by atoms with E-state index in [2.05, 4.69) is 15.9 Å². The van der Waals surface area contributed by atoms with Crippen LogP contribution in [-0.2, 0) is 16.0 Å². The summed E-state index contributed by atoms with van der Waals surface area (Å²) in [6.45, 7) is 5.35. The molecule has 0 radical (unpaired) electrons. The van der Waals surface area contributed by atoms with Crippen LogP contribution in [0.1, 0.15) is 26.0 Å². The van der Waals surface area contributed by atoms with E-state index in [0.717, 1.165) is 11.1 Å². The van der Waals surface area contributed by atoms with Crippen molar-refractivity contribution in [3.8, 4) is 0 Å². The van der Waals surface area contributed by atoms with Gasteiger partial charge in [-0.1, -0.05) is 15.9 Å². The maximum Gasteiger partial charge on any atom is 0.223 e. The molecule has 4 nitrogen and oxygen atoms in total. The quantitative estimate of drug-likeness (QED) is 0.797. The molecule has 1 aromatic rings. The SMILES string of the molecule is CC1(C)CN(C(=O)CCc2ccco2)CC(CBr)O1. The van der Waals surface area contributed by atoms with Crippen LogP contribution in [0.3, 0.4) is 0 Å². The number of rotatable bonds is 4. The summed E-state index contributed by atoms with van der Waals surface area (Å²) in [7, 11) is 0. The van der Waals surface area contributed by atoms with E-state index in [4.69, 9.17) is 9.15 Å². The number of carbonyl (C=O) groups is 1. The standard InChI is InChI=1S/C14H20BrNO3/c1-14(2)10-16(9-12(8-15)19-14)13(17)6-5-11-4-3-7-18-11/h3-4,7,12H,5-6,8-10H2,1-2H3. The maximum absolute atomic E-state index is 12.3. The molecule has 0 N–H and O–H groups in total. The molecule has 0 aliphatic carbocycles. The van der Waals surface area contributed by atoms with Gasteiger partial charge in [0.05, 0.1) is 18.0 Å². The summed E-state index contributed by atoms with van der Waals surface area (Å²) in [5.41, 5.74) is -0.281. The van der Waals surface area contributed by atoms with Crippen molar-refractivity contribution in [2.45, 2.75) is 38.4 Å². The Labute approximate surface area is 122 Å². The van der Waals surface area contributed by atoms with Crippen molar-refractivity contribution in [2.24, 2.45) is 0 Å². The fourth-order valence-corrected chi connectivity index (χ4v) is 2.75. The molecule has 106 valence electrons. The fourth-order valence-electron chi connectivity index (χ4n) is 2.41. The topological polar surface area (TPSA) is 42.7 Å². The average Bonchev–Trinajstić information content (AvgIpc) is 2.87. The minimum absolute atomic E-state index is 0.0660. The monoisotopic (exact) mass is 329 g/mol. The molecule has 0 saturated carbocycles. The molecule has 1 amide bonds. The number of hydrogen-bond acceptors (Lipinski definition) is 3. The van der Waals surface area contributed by atoms with E-state index < -0.39 is 0 Å². The van der Waals surface area contributed by atoms with Gasteiger partial charge in [0.2, 0.25) is 5.91 Å². The number of carbonyl (C=O) groups excluding carboxylic acids is 1. The molecule has 1 aliphatic heterocycles. The predicted molar refractivity (Wildman–Crippen MR) is 76.4 cm³/mol. The van der Waals surface area contributed by atoms with Crippen molar-refractivity contribution in [3.63, 3.8) is 0 Å². The summed E-state index contributed by atoms with van der Waals surface area (Å²) in [6, 6.07) is 3.75. The molecule has 0 bridgehead atoms. The number of nitrogens with zero attached hydrogens (tertiary/aromatic N) is 1. The Morgan fingerprint density at radius 3 is 3.00 bits per heavy atom. The largest absolute Gasteiger partial charge is 0.469 e. The highest BCUT2D eigenvalue weighted by molar-refractivity contribution is 9.09. The lowest BCUT2D eigenvalue weighted by Gasteiger charge is -2.42. The lowest BCUT2D eigenvalue weighted by Crippen LogP contribution is -2.55. The molecule has 1 unspecified atom stereocenters. The van der Waals surface area contributed by atoms with E-state index in [0.29, 0.717) is 25.9 Å². The Bertz CT molecular complexity index is 416. The number of alkyl halides is 1. The van der Waals surface area contributed by atoms with Crippen LogP contribution < -0.4 is 0 Å². The van der Waals surface area contributed by atoms with E-state index in [1.807, 2.05) is 30.9 Å². The maximum atomic E-state index is 12.3. The van der Waals surface area contributed by atoms with Gasteiger partial charge in [0, 0.05) is 31.3 Å². The molecular weight excluding hydrogens is 310 g/mol. The third-order valence-corrected chi connectivity index (χ3v) is 3.89. The Kier molecular flexibility index (Phi) is 4.68. The van der Waals surface area contributed by atoms with E-state index in [1.165, 1.54) is 0 Å². The van der Waals surface area contributed by atoms with Gasteiger partial charge >= 0.3 is 0 Å². The second-order valence-electron chi connectivity index (χ2n) is 5.51. The number of amides is 1. The van der Waals surface area contributed by atoms with Crippen molar-refractivity contribution < 1.29 is 13.9 Å². The van der Waals surface area contributed by atoms with Gasteiger partial charge < -0.3 is 14.1 Å². The number of halogens is 1. The highest BCUT2D eigenvalue weighted by atomic mass is 79.9. The molecule has 0 aromatic carbocycles. The summed E-state index contributed by atoms with van der Waals surface area (Å²) in [6.07, 6.45) is 2.84. The van der Waals surface area contributed by atoms with Crippen molar-refractivity contribution in [2.75, 3.05) is 18.4 Å². The summed E-state index contributed by atoms with van der Waals surface area (Å²) in [4.78, 5) is 14.2. The van der Waals surface area contributed by atoms with E-state index in [-0.39, 0.29) is 17.6 Å². The molecular formula is C14H20BrNO3. The zero-order chi connectivity index (χ0) is 13.9. The first kappa shape index (κ1) is 14.6. The first-order valence-electron chi connectivity index (χ1n) is 6.54. The summed E-state index contributed by atoms with van der Waals surface area (Å²) in [5.74, 6) is 1.02. The minimum atomic E-state index is -0.281. The van der Waals surface area contributed by atoms with Crippen LogP contribution >= 0.6 is 15.9 Å². The van der Waals surface area contributed by atoms with Gasteiger partial charge in [-0.3, -0.25) is 4.79 Å². The first-order chi connectivity index (χ1) is 9.00. The molecule has 0 spiro atoms. The lowest BCUT2D eigenvalue weighted by atomic mass is 10.0. The predicted octanol–water partition coefficient (Wildman–Crippen LogP) is 2.61. The number of furan rings is 1. The Balaban J connectivity index is 1.90. The van der Waals surface area contributed by atoms with Gasteiger partial charge in [0.25, 0.3) is 0 Å². The fraction of sp³-hybridized carbons (Fsp3) is 0.643. The van der Waals surface area contributed by atoms with Gasteiger partial charge in [-0.2, -0.15) is 0 Å². The van der Waals surface area contributed by atoms with Crippen LogP contribution in [0.5, 0.6) is 0 Å². The zero-order valence-corrected chi connectivity index (χ0v) is 13.0. The number of hydrogen-bond donors (Lipinski definition) is 0. The molecule has 2 rings (SSSR count). The van der Waals surface area contributed by atoms with E-state index >= 15 is 0 Å². The van der Waals surface area contributed by atoms with Crippen LogP contribution in [0.4, 0.5) is 0 Å². The molecule has 1 saturated heterocycles. The van der Waals surface area contributed by atoms with Gasteiger partial charge in [0.1, 0.15) is 5.76 Å². The van der Waals surface area contributed by atoms with Crippen LogP contribution in [0.25, 0.3) is 0 Å². The number of ether oxygens (including phenoxy) is 1. The molecule has 5 heteroatoms. The number of morpholine rings is 1. The molecule has 1 atom stereocenters. The molecule has 1 fully saturated rings. The Hall–Kier alpha value is -0.810. The van der Waals surface area contributed by atoms with Gasteiger partial charge in [-0.15, -0.1) is 0 Å². The van der Waals surface area contributed by atoms with Gasteiger partial charge in [-0.05, 0) is 26.0 Å². The van der Waals surface area contributed by atoms with Crippen LogP contribution in [-0.4, -0.2) is 40.9 Å². The highest BCUT2D eigenvalue weighted by Crippen LogP contribution is 2.22. The normalized spacial score (nSPS) is 22.5. The lowest BCUT2D eigenvalue weighted by molar-refractivity contribution is -0.157. The average molecular weight is 330 g/mol. The van der Waals surface area contributed by atoms with Crippen LogP contribution in [0.15, 0.2) is 22.8 Å². The van der Waals surface area contributed by atoms with Gasteiger partial charge in [0.15, 0.2) is 0 Å².